The lowest BCUT2D eigenvalue weighted by Gasteiger charge is -2.36. The number of para-hydroxylation sites is 1. The number of carboxylic acids is 1. The molecule has 0 bridgehead atoms. The van der Waals surface area contributed by atoms with E-state index in [0.717, 1.165) is 6.42 Å². The maximum atomic E-state index is 13.3. The highest BCUT2D eigenvalue weighted by molar-refractivity contribution is 5.85. The summed E-state index contributed by atoms with van der Waals surface area (Å²) in [5.41, 5.74) is -0.892. The number of carbonyl (C=O) groups is 2. The van der Waals surface area contributed by atoms with Crippen LogP contribution in [0.3, 0.4) is 0 Å². The summed E-state index contributed by atoms with van der Waals surface area (Å²) >= 11 is 0. The van der Waals surface area contributed by atoms with Gasteiger partial charge in [-0.25, -0.2) is 4.39 Å². The molecule has 0 heterocycles. The van der Waals surface area contributed by atoms with E-state index in [4.69, 9.17) is 9.84 Å². The molecule has 6 heteroatoms. The fourth-order valence-corrected chi connectivity index (χ4v) is 2.35. The summed E-state index contributed by atoms with van der Waals surface area (Å²) in [5.74, 6) is -1.54. The van der Waals surface area contributed by atoms with Crippen LogP contribution in [0, 0.1) is 11.2 Å². The van der Waals surface area contributed by atoms with Crippen LogP contribution in [0.15, 0.2) is 24.3 Å². The van der Waals surface area contributed by atoms with E-state index >= 15 is 0 Å². The van der Waals surface area contributed by atoms with Crippen LogP contribution in [0.2, 0.25) is 0 Å². The average Bonchev–Trinajstić information content (AvgIpc) is 2.40. The predicted molar refractivity (Wildman–Crippen MR) is 73.4 cm³/mol. The first-order valence-electron chi connectivity index (χ1n) is 6.91. The molecule has 1 aliphatic rings. The normalized spacial score (nSPS) is 15.9. The molecule has 1 aromatic carbocycles. The van der Waals surface area contributed by atoms with Gasteiger partial charge in [-0.1, -0.05) is 18.6 Å². The maximum absolute atomic E-state index is 13.3. The summed E-state index contributed by atoms with van der Waals surface area (Å²) in [6.45, 7) is 0.343. The topological polar surface area (TPSA) is 75.6 Å². The van der Waals surface area contributed by atoms with Crippen molar-refractivity contribution < 1.29 is 23.8 Å². The maximum Gasteiger partial charge on any atom is 0.310 e. The van der Waals surface area contributed by atoms with Gasteiger partial charge in [-0.3, -0.25) is 9.59 Å². The number of carbonyl (C=O) groups excluding carboxylic acids is 1. The van der Waals surface area contributed by atoms with Gasteiger partial charge >= 0.3 is 5.97 Å². The van der Waals surface area contributed by atoms with Gasteiger partial charge in [0.15, 0.2) is 11.6 Å². The fourth-order valence-electron chi connectivity index (χ4n) is 2.35. The Hall–Kier alpha value is -2.11. The summed E-state index contributed by atoms with van der Waals surface area (Å²) < 4.78 is 18.5. The van der Waals surface area contributed by atoms with Gasteiger partial charge in [0.2, 0.25) is 5.91 Å². The van der Waals surface area contributed by atoms with Crippen molar-refractivity contribution in [2.45, 2.75) is 25.7 Å². The number of hydrogen-bond donors (Lipinski definition) is 2. The Morgan fingerprint density at radius 3 is 2.62 bits per heavy atom. The minimum Gasteiger partial charge on any atom is -0.489 e. The third kappa shape index (κ3) is 3.71. The zero-order chi connectivity index (χ0) is 15.3. The lowest BCUT2D eigenvalue weighted by Crippen LogP contribution is -2.43. The summed E-state index contributed by atoms with van der Waals surface area (Å²) in [6, 6.07) is 6.02. The van der Waals surface area contributed by atoms with Crippen molar-refractivity contribution >= 4 is 11.9 Å². The molecule has 114 valence electrons. The number of halogens is 1. The number of carboxylic acid groups (broad SMARTS) is 1. The predicted octanol–water partition coefficient (Wildman–Crippen LogP) is 1.97. The average molecular weight is 295 g/mol. The number of nitrogens with one attached hydrogen (secondary N) is 1. The Kier molecular flexibility index (Phi) is 4.77. The summed E-state index contributed by atoms with van der Waals surface area (Å²) in [4.78, 5) is 22.9. The lowest BCUT2D eigenvalue weighted by atomic mass is 9.66. The van der Waals surface area contributed by atoms with E-state index in [1.165, 1.54) is 12.1 Å². The van der Waals surface area contributed by atoms with Gasteiger partial charge in [0.05, 0.1) is 12.0 Å². The van der Waals surface area contributed by atoms with E-state index in [9.17, 15) is 14.0 Å². The smallest absolute Gasteiger partial charge is 0.310 e. The molecule has 21 heavy (non-hydrogen) atoms. The SMILES string of the molecule is O=C(CC1(C(=O)O)CCC1)NCCOc1ccccc1F. The molecular formula is C15H18FNO4. The van der Waals surface area contributed by atoms with Crippen molar-refractivity contribution in [3.05, 3.63) is 30.1 Å². The van der Waals surface area contributed by atoms with Crippen LogP contribution in [0.5, 0.6) is 5.75 Å². The van der Waals surface area contributed by atoms with E-state index in [2.05, 4.69) is 5.32 Å². The third-order valence-electron chi connectivity index (χ3n) is 3.78. The molecule has 0 atom stereocenters. The van der Waals surface area contributed by atoms with Crippen LogP contribution in [0.25, 0.3) is 0 Å². The van der Waals surface area contributed by atoms with E-state index in [1.807, 2.05) is 0 Å². The van der Waals surface area contributed by atoms with E-state index in [0.29, 0.717) is 12.8 Å². The molecule has 0 saturated heterocycles. The number of hydrogen-bond acceptors (Lipinski definition) is 3. The van der Waals surface area contributed by atoms with Crippen LogP contribution < -0.4 is 10.1 Å². The molecule has 0 radical (unpaired) electrons. The Balaban J connectivity index is 1.70. The molecule has 1 fully saturated rings. The molecule has 1 amide bonds. The molecule has 5 nitrogen and oxygen atoms in total. The number of benzene rings is 1. The number of rotatable bonds is 7. The van der Waals surface area contributed by atoms with Crippen molar-refractivity contribution in [2.24, 2.45) is 5.41 Å². The van der Waals surface area contributed by atoms with Crippen molar-refractivity contribution in [1.82, 2.24) is 5.32 Å². The van der Waals surface area contributed by atoms with Crippen molar-refractivity contribution in [2.75, 3.05) is 13.2 Å². The molecule has 0 unspecified atom stereocenters. The molecule has 2 N–H and O–H groups in total. The van der Waals surface area contributed by atoms with Gasteiger partial charge in [0.25, 0.3) is 0 Å². The minimum absolute atomic E-state index is 0.0119. The molecule has 0 aromatic heterocycles. The molecule has 1 saturated carbocycles. The van der Waals surface area contributed by atoms with Gasteiger partial charge in [-0.15, -0.1) is 0 Å². The Bertz CT molecular complexity index is 528. The Morgan fingerprint density at radius 1 is 1.33 bits per heavy atom. The number of aliphatic carboxylic acids is 1. The highest BCUT2D eigenvalue weighted by Crippen LogP contribution is 2.44. The third-order valence-corrected chi connectivity index (χ3v) is 3.78. The monoisotopic (exact) mass is 295 g/mol. The zero-order valence-electron chi connectivity index (χ0n) is 11.6. The van der Waals surface area contributed by atoms with Gasteiger partial charge < -0.3 is 15.2 Å². The highest BCUT2D eigenvalue weighted by Gasteiger charge is 2.45. The summed E-state index contributed by atoms with van der Waals surface area (Å²) in [7, 11) is 0. The molecule has 2 rings (SSSR count). The van der Waals surface area contributed by atoms with Crippen LogP contribution in [0.4, 0.5) is 4.39 Å². The first-order valence-corrected chi connectivity index (χ1v) is 6.91. The van der Waals surface area contributed by atoms with Gasteiger partial charge in [-0.05, 0) is 25.0 Å². The quantitative estimate of drug-likeness (QED) is 0.754. The fraction of sp³-hybridized carbons (Fsp3) is 0.467. The molecule has 0 aliphatic heterocycles. The number of ether oxygens (including phenoxy) is 1. The molecular weight excluding hydrogens is 277 g/mol. The van der Waals surface area contributed by atoms with Gasteiger partial charge in [0, 0.05) is 6.42 Å². The van der Waals surface area contributed by atoms with Crippen molar-refractivity contribution in [1.29, 1.82) is 0 Å². The standard InChI is InChI=1S/C15H18FNO4/c16-11-4-1-2-5-12(11)21-9-8-17-13(18)10-15(14(19)20)6-3-7-15/h1-2,4-5H,3,6-10H2,(H,17,18)(H,19,20). The van der Waals surface area contributed by atoms with Gasteiger partial charge in [0.1, 0.15) is 6.61 Å². The Labute approximate surface area is 122 Å². The first kappa shape index (κ1) is 15.3. The second-order valence-corrected chi connectivity index (χ2v) is 5.24. The van der Waals surface area contributed by atoms with Crippen molar-refractivity contribution in [3.63, 3.8) is 0 Å². The largest absolute Gasteiger partial charge is 0.489 e. The van der Waals surface area contributed by atoms with Crippen LogP contribution in [-0.4, -0.2) is 30.1 Å². The van der Waals surface area contributed by atoms with Gasteiger partial charge in [-0.2, -0.15) is 0 Å². The van der Waals surface area contributed by atoms with Crippen LogP contribution in [0.1, 0.15) is 25.7 Å². The second-order valence-electron chi connectivity index (χ2n) is 5.24. The summed E-state index contributed by atoms with van der Waals surface area (Å²) in [6.07, 6.45) is 1.92. The highest BCUT2D eigenvalue weighted by atomic mass is 19.1. The lowest BCUT2D eigenvalue weighted by molar-refractivity contribution is -0.157. The molecule has 1 aliphatic carbocycles. The summed E-state index contributed by atoms with van der Waals surface area (Å²) in [5, 5.41) is 11.7. The Morgan fingerprint density at radius 2 is 2.05 bits per heavy atom. The van der Waals surface area contributed by atoms with Crippen LogP contribution >= 0.6 is 0 Å². The first-order chi connectivity index (χ1) is 10.0. The van der Waals surface area contributed by atoms with E-state index < -0.39 is 17.2 Å². The minimum atomic E-state index is -0.911. The number of amides is 1. The molecule has 0 spiro atoms. The zero-order valence-corrected chi connectivity index (χ0v) is 11.6. The van der Waals surface area contributed by atoms with E-state index in [1.54, 1.807) is 12.1 Å². The van der Waals surface area contributed by atoms with Crippen LogP contribution in [-0.2, 0) is 9.59 Å². The van der Waals surface area contributed by atoms with E-state index in [-0.39, 0.29) is 31.2 Å². The second kappa shape index (κ2) is 6.56. The molecule has 1 aromatic rings. The van der Waals surface area contributed by atoms with Crippen molar-refractivity contribution in [3.8, 4) is 5.75 Å².